The summed E-state index contributed by atoms with van der Waals surface area (Å²) in [6, 6.07) is 0. The third-order valence-electron chi connectivity index (χ3n) is 1.41. The Kier molecular flexibility index (Phi) is 7.66. The van der Waals surface area contributed by atoms with Gasteiger partial charge in [0.2, 0.25) is 0 Å². The summed E-state index contributed by atoms with van der Waals surface area (Å²) in [5.74, 6) is -1.09. The van der Waals surface area contributed by atoms with E-state index in [2.05, 4.69) is 22.6 Å². The van der Waals surface area contributed by atoms with Crippen molar-refractivity contribution in [2.45, 2.75) is 13.8 Å². The molecule has 6 heteroatoms. The highest BCUT2D eigenvalue weighted by atomic mass is 16.8. The van der Waals surface area contributed by atoms with Crippen molar-refractivity contribution in [3.05, 3.63) is 24.3 Å². The normalized spacial score (nSPS) is 9.53. The van der Waals surface area contributed by atoms with Crippen LogP contribution in [0.4, 0.5) is 0 Å². The van der Waals surface area contributed by atoms with E-state index in [1.165, 1.54) is 13.8 Å². The molecule has 0 rings (SSSR count). The fourth-order valence-electron chi connectivity index (χ4n) is 0.564. The zero-order valence-electron chi connectivity index (χ0n) is 9.99. The van der Waals surface area contributed by atoms with Crippen LogP contribution in [0.15, 0.2) is 24.3 Å². The molecular weight excluding hydrogens is 228 g/mol. The second kappa shape index (κ2) is 8.49. The molecule has 0 saturated heterocycles. The fraction of sp³-hybridized carbons (Fsp3) is 0.455. The minimum absolute atomic E-state index is 0.160. The SMILES string of the molecule is C=C(C)C(=O)OCOCOCOC(=O)C(=C)C. The van der Waals surface area contributed by atoms with Gasteiger partial charge in [0.25, 0.3) is 0 Å². The summed E-state index contributed by atoms with van der Waals surface area (Å²) in [7, 11) is 0. The lowest BCUT2D eigenvalue weighted by Crippen LogP contribution is -2.13. The van der Waals surface area contributed by atoms with Crippen LogP contribution in [-0.4, -0.2) is 32.3 Å². The van der Waals surface area contributed by atoms with Gasteiger partial charge in [0.05, 0.1) is 0 Å². The number of esters is 2. The first-order valence-corrected chi connectivity index (χ1v) is 4.76. The first-order chi connectivity index (χ1) is 7.95. The molecule has 0 amide bonds. The van der Waals surface area contributed by atoms with E-state index in [0.29, 0.717) is 0 Å². The first kappa shape index (κ1) is 15.3. The zero-order chi connectivity index (χ0) is 13.3. The fourth-order valence-corrected chi connectivity index (χ4v) is 0.564. The predicted octanol–water partition coefficient (Wildman–Crippen LogP) is 1.13. The molecule has 0 heterocycles. The summed E-state index contributed by atoms with van der Waals surface area (Å²) in [5, 5.41) is 0. The second-order valence-electron chi connectivity index (χ2n) is 3.19. The molecule has 0 spiro atoms. The minimum Gasteiger partial charge on any atom is -0.435 e. The van der Waals surface area contributed by atoms with Gasteiger partial charge in [-0.15, -0.1) is 0 Å². The molecule has 0 N–H and O–H groups in total. The molecular formula is C11H16O6. The standard InChI is InChI=1S/C11H16O6/c1-8(2)10(12)16-6-14-5-15-7-17-11(13)9(3)4/h1,3,5-7H2,2,4H3. The van der Waals surface area contributed by atoms with Crippen molar-refractivity contribution in [1.82, 2.24) is 0 Å². The summed E-state index contributed by atoms with van der Waals surface area (Å²) >= 11 is 0. The molecule has 0 bridgehead atoms. The number of hydrogen-bond donors (Lipinski definition) is 0. The van der Waals surface area contributed by atoms with Gasteiger partial charge in [0.15, 0.2) is 20.4 Å². The molecule has 0 atom stereocenters. The van der Waals surface area contributed by atoms with Crippen molar-refractivity contribution in [3.8, 4) is 0 Å². The minimum atomic E-state index is -0.543. The highest BCUT2D eigenvalue weighted by Crippen LogP contribution is 1.94. The summed E-state index contributed by atoms with van der Waals surface area (Å²) in [6.45, 7) is 9.17. The van der Waals surface area contributed by atoms with Crippen LogP contribution in [0.1, 0.15) is 13.8 Å². The number of hydrogen-bond acceptors (Lipinski definition) is 6. The average molecular weight is 244 g/mol. The van der Waals surface area contributed by atoms with Crippen molar-refractivity contribution in [2.75, 3.05) is 20.4 Å². The van der Waals surface area contributed by atoms with E-state index in [0.717, 1.165) is 0 Å². The van der Waals surface area contributed by atoms with E-state index in [1.807, 2.05) is 0 Å². The average Bonchev–Trinajstić information content (AvgIpc) is 2.26. The number of carbonyl (C=O) groups excluding carboxylic acids is 2. The highest BCUT2D eigenvalue weighted by Gasteiger charge is 2.03. The van der Waals surface area contributed by atoms with Gasteiger partial charge in [-0.25, -0.2) is 9.59 Å². The Bertz CT molecular complexity index is 277. The predicted molar refractivity (Wildman–Crippen MR) is 58.6 cm³/mol. The van der Waals surface area contributed by atoms with Crippen molar-refractivity contribution >= 4 is 11.9 Å². The van der Waals surface area contributed by atoms with Crippen molar-refractivity contribution in [1.29, 1.82) is 0 Å². The Hall–Kier alpha value is -1.66. The second-order valence-corrected chi connectivity index (χ2v) is 3.19. The Labute approximate surface area is 99.8 Å². The van der Waals surface area contributed by atoms with Gasteiger partial charge in [-0.3, -0.25) is 0 Å². The molecule has 0 fully saturated rings. The Morgan fingerprint density at radius 1 is 0.824 bits per heavy atom. The zero-order valence-corrected chi connectivity index (χ0v) is 9.99. The molecule has 6 nitrogen and oxygen atoms in total. The van der Waals surface area contributed by atoms with Gasteiger partial charge in [0, 0.05) is 11.1 Å². The van der Waals surface area contributed by atoms with Crippen LogP contribution in [0, 0.1) is 0 Å². The molecule has 96 valence electrons. The van der Waals surface area contributed by atoms with Gasteiger partial charge in [-0.2, -0.15) is 0 Å². The molecule has 0 aromatic rings. The number of carbonyl (C=O) groups is 2. The lowest BCUT2D eigenvalue weighted by atomic mass is 10.4. The molecule has 0 radical (unpaired) electrons. The highest BCUT2D eigenvalue weighted by molar-refractivity contribution is 5.87. The molecule has 17 heavy (non-hydrogen) atoms. The molecule has 0 aliphatic carbocycles. The Balaban J connectivity index is 3.36. The van der Waals surface area contributed by atoms with Crippen LogP contribution in [0.25, 0.3) is 0 Å². The van der Waals surface area contributed by atoms with Crippen LogP contribution >= 0.6 is 0 Å². The summed E-state index contributed by atoms with van der Waals surface area (Å²) in [6.07, 6.45) is 0. The van der Waals surface area contributed by atoms with Crippen LogP contribution in [0.5, 0.6) is 0 Å². The monoisotopic (exact) mass is 244 g/mol. The maximum Gasteiger partial charge on any atom is 0.335 e. The van der Waals surface area contributed by atoms with Crippen molar-refractivity contribution in [3.63, 3.8) is 0 Å². The maximum atomic E-state index is 10.9. The van der Waals surface area contributed by atoms with Crippen molar-refractivity contribution in [2.24, 2.45) is 0 Å². The third-order valence-corrected chi connectivity index (χ3v) is 1.41. The molecule has 0 aliphatic heterocycles. The van der Waals surface area contributed by atoms with Crippen molar-refractivity contribution < 1.29 is 28.5 Å². The quantitative estimate of drug-likeness (QED) is 0.276. The van der Waals surface area contributed by atoms with Gasteiger partial charge in [-0.1, -0.05) is 13.2 Å². The van der Waals surface area contributed by atoms with Crippen LogP contribution < -0.4 is 0 Å². The molecule has 0 saturated carbocycles. The molecule has 0 aromatic heterocycles. The summed E-state index contributed by atoms with van der Waals surface area (Å²) in [4.78, 5) is 21.7. The van der Waals surface area contributed by atoms with Crippen LogP contribution in [0.2, 0.25) is 0 Å². The van der Waals surface area contributed by atoms with E-state index in [1.54, 1.807) is 0 Å². The van der Waals surface area contributed by atoms with E-state index < -0.39 is 11.9 Å². The Morgan fingerprint density at radius 3 is 1.47 bits per heavy atom. The maximum absolute atomic E-state index is 10.9. The van der Waals surface area contributed by atoms with E-state index in [-0.39, 0.29) is 31.5 Å². The summed E-state index contributed by atoms with van der Waals surface area (Å²) in [5.41, 5.74) is 0.565. The van der Waals surface area contributed by atoms with Gasteiger partial charge in [-0.05, 0) is 13.8 Å². The number of ether oxygens (including phenoxy) is 4. The summed E-state index contributed by atoms with van der Waals surface area (Å²) < 4.78 is 18.8. The third kappa shape index (κ3) is 8.18. The van der Waals surface area contributed by atoms with Crippen LogP contribution in [-0.2, 0) is 28.5 Å². The van der Waals surface area contributed by atoms with E-state index in [9.17, 15) is 9.59 Å². The molecule has 0 unspecified atom stereocenters. The van der Waals surface area contributed by atoms with Gasteiger partial charge < -0.3 is 18.9 Å². The molecule has 0 aromatic carbocycles. The smallest absolute Gasteiger partial charge is 0.335 e. The Morgan fingerprint density at radius 2 is 1.18 bits per heavy atom. The lowest BCUT2D eigenvalue weighted by Gasteiger charge is -2.07. The number of rotatable bonds is 8. The topological polar surface area (TPSA) is 71.1 Å². The lowest BCUT2D eigenvalue weighted by molar-refractivity contribution is -0.182. The van der Waals surface area contributed by atoms with Crippen LogP contribution in [0.3, 0.4) is 0 Å². The van der Waals surface area contributed by atoms with E-state index in [4.69, 9.17) is 9.47 Å². The largest absolute Gasteiger partial charge is 0.435 e. The van der Waals surface area contributed by atoms with Gasteiger partial charge in [0.1, 0.15) is 0 Å². The first-order valence-electron chi connectivity index (χ1n) is 4.76. The molecule has 0 aliphatic rings. The van der Waals surface area contributed by atoms with E-state index >= 15 is 0 Å². The van der Waals surface area contributed by atoms with Gasteiger partial charge >= 0.3 is 11.9 Å².